The van der Waals surface area contributed by atoms with Gasteiger partial charge in [-0.05, 0) is 42.5 Å². The maximum Gasteiger partial charge on any atom is 0.272 e. The molecule has 1 aromatic heterocycles. The summed E-state index contributed by atoms with van der Waals surface area (Å²) in [6.45, 7) is 0. The van der Waals surface area contributed by atoms with Crippen molar-refractivity contribution in [3.05, 3.63) is 89.0 Å². The molecular formula is C18H11F3N2O2. The molecule has 0 atom stereocenters. The van der Waals surface area contributed by atoms with E-state index in [1.165, 1.54) is 30.3 Å². The van der Waals surface area contributed by atoms with Gasteiger partial charge in [0.2, 0.25) is 5.78 Å². The first-order valence-electron chi connectivity index (χ1n) is 7.20. The van der Waals surface area contributed by atoms with E-state index in [9.17, 15) is 22.8 Å². The topological polar surface area (TPSA) is 62.0 Å². The van der Waals surface area contributed by atoms with Crippen LogP contribution < -0.4 is 5.32 Å². The fourth-order valence-corrected chi connectivity index (χ4v) is 2.24. The lowest BCUT2D eigenvalue weighted by molar-refractivity contribution is 0.102. The largest absolute Gasteiger partial charge is 0.348 e. The molecule has 3 aromatic rings. The summed E-state index contributed by atoms with van der Waals surface area (Å²) in [5.41, 5.74) is -0.0672. The molecule has 1 heterocycles. The zero-order valence-electron chi connectivity index (χ0n) is 12.6. The smallest absolute Gasteiger partial charge is 0.272 e. The van der Waals surface area contributed by atoms with E-state index in [2.05, 4.69) is 10.3 Å². The second-order valence-corrected chi connectivity index (χ2v) is 5.20. The summed E-state index contributed by atoms with van der Waals surface area (Å²) in [5.74, 6) is -3.61. The summed E-state index contributed by atoms with van der Waals surface area (Å²) in [6, 6.07) is 10.6. The van der Waals surface area contributed by atoms with Gasteiger partial charge in [-0.25, -0.2) is 13.2 Å². The van der Waals surface area contributed by atoms with E-state index >= 15 is 0 Å². The number of nitrogens with one attached hydrogen (secondary N) is 2. The van der Waals surface area contributed by atoms with Crippen molar-refractivity contribution in [3.63, 3.8) is 0 Å². The van der Waals surface area contributed by atoms with Crippen LogP contribution >= 0.6 is 0 Å². The first-order chi connectivity index (χ1) is 11.9. The second-order valence-electron chi connectivity index (χ2n) is 5.20. The van der Waals surface area contributed by atoms with Crippen LogP contribution in [0.3, 0.4) is 0 Å². The number of hydrogen-bond donors (Lipinski definition) is 2. The van der Waals surface area contributed by atoms with Crippen LogP contribution in [-0.2, 0) is 0 Å². The molecule has 0 unspecified atom stereocenters. The third kappa shape index (κ3) is 3.60. The minimum atomic E-state index is -0.995. The van der Waals surface area contributed by atoms with Gasteiger partial charge in [0, 0.05) is 11.8 Å². The standard InChI is InChI=1S/C18H11F3N2O2/c19-10-2-1-3-12(8-10)22-18(25)16-7-6-15(23-16)17(24)13-5-4-11(20)9-14(13)21/h1-9,23H,(H,22,25). The van der Waals surface area contributed by atoms with Crippen molar-refractivity contribution in [2.75, 3.05) is 5.32 Å². The van der Waals surface area contributed by atoms with Gasteiger partial charge in [-0.15, -0.1) is 0 Å². The van der Waals surface area contributed by atoms with Crippen LogP contribution in [0.1, 0.15) is 26.5 Å². The third-order valence-corrected chi connectivity index (χ3v) is 3.43. The fraction of sp³-hybridized carbons (Fsp3) is 0. The molecule has 0 aliphatic carbocycles. The van der Waals surface area contributed by atoms with E-state index in [1.807, 2.05) is 0 Å². The Balaban J connectivity index is 1.79. The highest BCUT2D eigenvalue weighted by atomic mass is 19.1. The summed E-state index contributed by atoms with van der Waals surface area (Å²) in [5, 5.41) is 2.46. The van der Waals surface area contributed by atoms with Crippen LogP contribution in [0.4, 0.5) is 18.9 Å². The monoisotopic (exact) mass is 344 g/mol. The predicted octanol–water partition coefficient (Wildman–Crippen LogP) is 3.92. The van der Waals surface area contributed by atoms with Gasteiger partial charge in [0.15, 0.2) is 0 Å². The number of aromatic amines is 1. The number of aromatic nitrogens is 1. The molecule has 0 aliphatic rings. The van der Waals surface area contributed by atoms with Crippen LogP contribution in [0.2, 0.25) is 0 Å². The highest BCUT2D eigenvalue weighted by Crippen LogP contribution is 2.16. The Morgan fingerprint density at radius 3 is 2.28 bits per heavy atom. The van der Waals surface area contributed by atoms with Gasteiger partial charge >= 0.3 is 0 Å². The zero-order valence-corrected chi connectivity index (χ0v) is 12.6. The molecule has 25 heavy (non-hydrogen) atoms. The normalized spacial score (nSPS) is 10.5. The number of carbonyl (C=O) groups excluding carboxylic acids is 2. The summed E-state index contributed by atoms with van der Waals surface area (Å²) in [4.78, 5) is 26.9. The lowest BCUT2D eigenvalue weighted by Crippen LogP contribution is -2.13. The Morgan fingerprint density at radius 2 is 1.56 bits per heavy atom. The Labute approximate surface area is 140 Å². The van der Waals surface area contributed by atoms with E-state index < -0.39 is 29.1 Å². The maximum atomic E-state index is 13.7. The minimum Gasteiger partial charge on any atom is -0.348 e. The first-order valence-corrected chi connectivity index (χ1v) is 7.20. The van der Waals surface area contributed by atoms with Crippen molar-refractivity contribution >= 4 is 17.4 Å². The van der Waals surface area contributed by atoms with Gasteiger partial charge in [-0.3, -0.25) is 9.59 Å². The van der Waals surface area contributed by atoms with E-state index in [1.54, 1.807) is 0 Å². The average Bonchev–Trinajstić information content (AvgIpc) is 3.04. The summed E-state index contributed by atoms with van der Waals surface area (Å²) < 4.78 is 39.7. The minimum absolute atomic E-state index is 0.0325. The maximum absolute atomic E-state index is 13.7. The van der Waals surface area contributed by atoms with E-state index in [-0.39, 0.29) is 22.6 Å². The van der Waals surface area contributed by atoms with Crippen LogP contribution in [0.15, 0.2) is 54.6 Å². The van der Waals surface area contributed by atoms with E-state index in [0.717, 1.165) is 18.2 Å². The van der Waals surface area contributed by atoms with Crippen LogP contribution in [0.25, 0.3) is 0 Å². The number of anilines is 1. The number of carbonyl (C=O) groups is 2. The molecule has 0 saturated carbocycles. The van der Waals surface area contributed by atoms with Crippen molar-refractivity contribution in [1.82, 2.24) is 4.98 Å². The molecule has 2 N–H and O–H groups in total. The van der Waals surface area contributed by atoms with Crippen LogP contribution in [0, 0.1) is 17.5 Å². The second kappa shape index (κ2) is 6.64. The molecule has 0 bridgehead atoms. The Bertz CT molecular complexity index is 966. The number of hydrogen-bond acceptors (Lipinski definition) is 2. The van der Waals surface area contributed by atoms with Crippen molar-refractivity contribution in [2.24, 2.45) is 0 Å². The molecular weight excluding hydrogens is 333 g/mol. The molecule has 0 radical (unpaired) electrons. The molecule has 2 aromatic carbocycles. The van der Waals surface area contributed by atoms with E-state index in [4.69, 9.17) is 0 Å². The molecule has 0 saturated heterocycles. The summed E-state index contributed by atoms with van der Waals surface area (Å²) in [7, 11) is 0. The van der Waals surface area contributed by atoms with Gasteiger partial charge < -0.3 is 10.3 Å². The number of benzene rings is 2. The van der Waals surface area contributed by atoms with Crippen molar-refractivity contribution in [3.8, 4) is 0 Å². The first kappa shape index (κ1) is 16.5. The van der Waals surface area contributed by atoms with Gasteiger partial charge in [0.1, 0.15) is 23.1 Å². The van der Waals surface area contributed by atoms with Crippen molar-refractivity contribution in [2.45, 2.75) is 0 Å². The number of H-pyrrole nitrogens is 1. The summed E-state index contributed by atoms with van der Waals surface area (Å²) >= 11 is 0. The third-order valence-electron chi connectivity index (χ3n) is 3.43. The quantitative estimate of drug-likeness (QED) is 0.705. The van der Waals surface area contributed by atoms with Crippen molar-refractivity contribution < 1.29 is 22.8 Å². The predicted molar refractivity (Wildman–Crippen MR) is 84.9 cm³/mol. The van der Waals surface area contributed by atoms with E-state index in [0.29, 0.717) is 6.07 Å². The van der Waals surface area contributed by atoms with Gasteiger partial charge in [0.05, 0.1) is 11.3 Å². The van der Waals surface area contributed by atoms with Crippen molar-refractivity contribution in [1.29, 1.82) is 0 Å². The van der Waals surface area contributed by atoms with Crippen LogP contribution in [-0.4, -0.2) is 16.7 Å². The van der Waals surface area contributed by atoms with Gasteiger partial charge in [0.25, 0.3) is 5.91 Å². The lowest BCUT2D eigenvalue weighted by atomic mass is 10.1. The Kier molecular flexibility index (Phi) is 4.38. The molecule has 0 fully saturated rings. The fourth-order valence-electron chi connectivity index (χ4n) is 2.24. The molecule has 4 nitrogen and oxygen atoms in total. The molecule has 0 spiro atoms. The zero-order chi connectivity index (χ0) is 18.0. The number of rotatable bonds is 4. The number of amides is 1. The molecule has 1 amide bonds. The number of ketones is 1. The Morgan fingerprint density at radius 1 is 0.840 bits per heavy atom. The highest BCUT2D eigenvalue weighted by Gasteiger charge is 2.18. The lowest BCUT2D eigenvalue weighted by Gasteiger charge is -2.04. The number of halogens is 3. The SMILES string of the molecule is O=C(Nc1cccc(F)c1)c1ccc(C(=O)c2ccc(F)cc2F)[nH]1. The average molecular weight is 344 g/mol. The van der Waals surface area contributed by atoms with Gasteiger partial charge in [-0.2, -0.15) is 0 Å². The highest BCUT2D eigenvalue weighted by molar-refractivity contribution is 6.10. The molecule has 3 rings (SSSR count). The molecule has 7 heteroatoms. The molecule has 0 aliphatic heterocycles. The molecule has 126 valence electrons. The summed E-state index contributed by atoms with van der Waals surface area (Å²) in [6.07, 6.45) is 0. The van der Waals surface area contributed by atoms with Gasteiger partial charge in [-0.1, -0.05) is 6.07 Å². The Hall–Kier alpha value is -3.35. The van der Waals surface area contributed by atoms with Crippen LogP contribution in [0.5, 0.6) is 0 Å².